The highest BCUT2D eigenvalue weighted by Crippen LogP contribution is 2.26. The first-order valence-corrected chi connectivity index (χ1v) is 12.2. The number of anilines is 1. The van der Waals surface area contributed by atoms with Crippen LogP contribution in [0.4, 0.5) is 5.69 Å². The van der Waals surface area contributed by atoms with Crippen molar-refractivity contribution in [3.8, 4) is 0 Å². The largest absolute Gasteiger partial charge is 0.378 e. The summed E-state index contributed by atoms with van der Waals surface area (Å²) in [7, 11) is 3.84. The van der Waals surface area contributed by atoms with Gasteiger partial charge in [0.15, 0.2) is 0 Å². The predicted molar refractivity (Wildman–Crippen MR) is 125 cm³/mol. The van der Waals surface area contributed by atoms with E-state index in [4.69, 9.17) is 0 Å². The maximum absolute atomic E-state index is 13.0. The van der Waals surface area contributed by atoms with E-state index in [0.717, 1.165) is 36.9 Å². The van der Waals surface area contributed by atoms with Crippen molar-refractivity contribution >= 4 is 21.6 Å². The van der Waals surface area contributed by atoms with E-state index in [1.54, 1.807) is 43.3 Å². The van der Waals surface area contributed by atoms with Gasteiger partial charge in [-0.2, -0.15) is 4.31 Å². The summed E-state index contributed by atoms with van der Waals surface area (Å²) < 4.78 is 27.5. The standard InChI is InChI=1S/C24H33N3O3S/c1-25(2)21-14-10-19(11-15-21)18-26(3)24(28)20-12-16-23(17-13-20)31(29,30)27(4)22-8-6-5-7-9-22/h10-17,22H,5-9,18H2,1-4H3. The van der Waals surface area contributed by atoms with E-state index in [0.29, 0.717) is 12.1 Å². The summed E-state index contributed by atoms with van der Waals surface area (Å²) in [5, 5.41) is 0. The molecule has 0 spiro atoms. The minimum absolute atomic E-state index is 0.0603. The van der Waals surface area contributed by atoms with Gasteiger partial charge in [-0.05, 0) is 54.8 Å². The van der Waals surface area contributed by atoms with Gasteiger partial charge in [0.05, 0.1) is 4.90 Å². The van der Waals surface area contributed by atoms with Crippen LogP contribution in [0, 0.1) is 0 Å². The second-order valence-electron chi connectivity index (χ2n) is 8.56. The number of sulfonamides is 1. The molecule has 6 nitrogen and oxygen atoms in total. The Balaban J connectivity index is 1.67. The van der Waals surface area contributed by atoms with Crippen LogP contribution in [0.15, 0.2) is 53.4 Å². The first kappa shape index (κ1) is 23.3. The Morgan fingerprint density at radius 3 is 2.00 bits per heavy atom. The quantitative estimate of drug-likeness (QED) is 0.649. The van der Waals surface area contributed by atoms with Crippen LogP contribution < -0.4 is 4.90 Å². The third-order valence-corrected chi connectivity index (χ3v) is 8.01. The highest BCUT2D eigenvalue weighted by atomic mass is 32.2. The normalized spacial score (nSPS) is 15.1. The van der Waals surface area contributed by atoms with Crippen molar-refractivity contribution in [2.24, 2.45) is 0 Å². The molecule has 0 saturated heterocycles. The van der Waals surface area contributed by atoms with Crippen molar-refractivity contribution in [1.29, 1.82) is 0 Å². The monoisotopic (exact) mass is 443 g/mol. The molecule has 3 rings (SSSR count). The fourth-order valence-corrected chi connectivity index (χ4v) is 5.46. The van der Waals surface area contributed by atoms with E-state index in [2.05, 4.69) is 0 Å². The van der Waals surface area contributed by atoms with Gasteiger partial charge in [-0.1, -0.05) is 31.4 Å². The maximum atomic E-state index is 13.0. The van der Waals surface area contributed by atoms with Crippen LogP contribution in [0.3, 0.4) is 0 Å². The topological polar surface area (TPSA) is 60.9 Å². The molecule has 31 heavy (non-hydrogen) atoms. The van der Waals surface area contributed by atoms with Gasteiger partial charge in [-0.3, -0.25) is 4.79 Å². The van der Waals surface area contributed by atoms with Gasteiger partial charge >= 0.3 is 0 Å². The second-order valence-corrected chi connectivity index (χ2v) is 10.6. The van der Waals surface area contributed by atoms with Gasteiger partial charge in [-0.25, -0.2) is 8.42 Å². The van der Waals surface area contributed by atoms with Crippen LogP contribution in [0.5, 0.6) is 0 Å². The number of carbonyl (C=O) groups is 1. The molecule has 1 fully saturated rings. The van der Waals surface area contributed by atoms with E-state index in [9.17, 15) is 13.2 Å². The molecular formula is C24H33N3O3S. The Morgan fingerprint density at radius 2 is 1.45 bits per heavy atom. The van der Waals surface area contributed by atoms with Crippen molar-refractivity contribution in [3.63, 3.8) is 0 Å². The lowest BCUT2D eigenvalue weighted by Crippen LogP contribution is -2.38. The van der Waals surface area contributed by atoms with E-state index in [-0.39, 0.29) is 16.8 Å². The van der Waals surface area contributed by atoms with Gasteiger partial charge in [-0.15, -0.1) is 0 Å². The minimum atomic E-state index is -3.56. The third-order valence-electron chi connectivity index (χ3n) is 6.09. The molecule has 2 aromatic rings. The summed E-state index contributed by atoms with van der Waals surface area (Å²) in [4.78, 5) is 16.7. The number of hydrogen-bond acceptors (Lipinski definition) is 4. The number of carbonyl (C=O) groups excluding carboxylic acids is 1. The lowest BCUT2D eigenvalue weighted by Gasteiger charge is -2.30. The van der Waals surface area contributed by atoms with E-state index >= 15 is 0 Å². The van der Waals surface area contributed by atoms with Crippen molar-refractivity contribution in [3.05, 3.63) is 59.7 Å². The molecule has 0 atom stereocenters. The van der Waals surface area contributed by atoms with Gasteiger partial charge in [0.1, 0.15) is 0 Å². The van der Waals surface area contributed by atoms with Crippen LogP contribution in [-0.2, 0) is 16.6 Å². The summed E-state index contributed by atoms with van der Waals surface area (Å²) in [5.74, 6) is -0.138. The van der Waals surface area contributed by atoms with E-state index in [1.807, 2.05) is 43.3 Å². The molecule has 0 N–H and O–H groups in total. The smallest absolute Gasteiger partial charge is 0.253 e. The van der Waals surface area contributed by atoms with Gasteiger partial charge in [0.2, 0.25) is 10.0 Å². The molecule has 0 aliphatic heterocycles. The zero-order chi connectivity index (χ0) is 22.6. The minimum Gasteiger partial charge on any atom is -0.378 e. The molecule has 2 aromatic carbocycles. The van der Waals surface area contributed by atoms with Crippen molar-refractivity contribution in [2.75, 3.05) is 33.1 Å². The van der Waals surface area contributed by atoms with Crippen LogP contribution in [0.2, 0.25) is 0 Å². The lowest BCUT2D eigenvalue weighted by molar-refractivity contribution is 0.0785. The van der Waals surface area contributed by atoms with Crippen molar-refractivity contribution in [2.45, 2.75) is 49.6 Å². The van der Waals surface area contributed by atoms with Crippen molar-refractivity contribution in [1.82, 2.24) is 9.21 Å². The molecule has 0 bridgehead atoms. The van der Waals surface area contributed by atoms with Crippen LogP contribution in [-0.4, -0.2) is 57.8 Å². The van der Waals surface area contributed by atoms with Crippen LogP contribution >= 0.6 is 0 Å². The van der Waals surface area contributed by atoms with Crippen LogP contribution in [0.25, 0.3) is 0 Å². The SMILES string of the molecule is CN(Cc1ccc(N(C)C)cc1)C(=O)c1ccc(S(=O)(=O)N(C)C2CCCCC2)cc1. The molecule has 1 saturated carbocycles. The average molecular weight is 444 g/mol. The molecule has 1 aliphatic rings. The van der Waals surface area contributed by atoms with Gasteiger partial charge in [0, 0.05) is 52.0 Å². The Kier molecular flexibility index (Phi) is 7.38. The van der Waals surface area contributed by atoms with Gasteiger partial charge in [0.25, 0.3) is 5.91 Å². The Bertz CT molecular complexity index is 980. The molecule has 0 radical (unpaired) electrons. The van der Waals surface area contributed by atoms with Crippen molar-refractivity contribution < 1.29 is 13.2 Å². The Labute approximate surface area is 186 Å². The third kappa shape index (κ3) is 5.46. The average Bonchev–Trinajstić information content (AvgIpc) is 2.79. The summed E-state index contributed by atoms with van der Waals surface area (Å²) in [6, 6.07) is 14.4. The highest BCUT2D eigenvalue weighted by molar-refractivity contribution is 7.89. The Morgan fingerprint density at radius 1 is 0.871 bits per heavy atom. The first-order valence-electron chi connectivity index (χ1n) is 10.8. The summed E-state index contributed by atoms with van der Waals surface area (Å²) in [6.07, 6.45) is 5.14. The molecule has 0 aromatic heterocycles. The first-order chi connectivity index (χ1) is 14.7. The van der Waals surface area contributed by atoms with E-state index in [1.165, 1.54) is 10.7 Å². The second kappa shape index (κ2) is 9.83. The van der Waals surface area contributed by atoms with E-state index < -0.39 is 10.0 Å². The van der Waals surface area contributed by atoms with Crippen LogP contribution in [0.1, 0.15) is 48.0 Å². The molecule has 1 amide bonds. The molecule has 7 heteroatoms. The number of rotatable bonds is 7. The summed E-state index contributed by atoms with van der Waals surface area (Å²) in [6.45, 7) is 0.483. The summed E-state index contributed by atoms with van der Waals surface area (Å²) >= 11 is 0. The molecular weight excluding hydrogens is 410 g/mol. The molecule has 1 aliphatic carbocycles. The maximum Gasteiger partial charge on any atom is 0.253 e. The summed E-state index contributed by atoms with van der Waals surface area (Å²) in [5.41, 5.74) is 2.62. The fraction of sp³-hybridized carbons (Fsp3) is 0.458. The predicted octanol–water partition coefficient (Wildman–Crippen LogP) is 3.98. The lowest BCUT2D eigenvalue weighted by atomic mass is 9.96. The molecule has 0 heterocycles. The number of hydrogen-bond donors (Lipinski definition) is 0. The van der Waals surface area contributed by atoms with Gasteiger partial charge < -0.3 is 9.80 Å². The number of benzene rings is 2. The highest BCUT2D eigenvalue weighted by Gasteiger charge is 2.29. The molecule has 168 valence electrons. The fourth-order valence-electron chi connectivity index (χ4n) is 4.04. The number of nitrogens with zero attached hydrogens (tertiary/aromatic N) is 3. The molecule has 0 unspecified atom stereocenters. The zero-order valence-corrected chi connectivity index (χ0v) is 19.7. The number of amides is 1. The zero-order valence-electron chi connectivity index (χ0n) is 18.9. The Hall–Kier alpha value is -2.38.